The highest BCUT2D eigenvalue weighted by atomic mass is 16.5. The topological polar surface area (TPSA) is 117 Å². The lowest BCUT2D eigenvalue weighted by atomic mass is 10.1. The van der Waals surface area contributed by atoms with Gasteiger partial charge < -0.3 is 25.6 Å². The number of nitrogens with zero attached hydrogens (tertiary/aromatic N) is 1. The Kier molecular flexibility index (Phi) is 8.64. The summed E-state index contributed by atoms with van der Waals surface area (Å²) in [6, 6.07) is 5.87. The number of piperazine rings is 1. The van der Waals surface area contributed by atoms with Crippen LogP contribution in [0.5, 0.6) is 0 Å². The van der Waals surface area contributed by atoms with Crippen molar-refractivity contribution in [1.82, 2.24) is 15.5 Å². The first-order valence-corrected chi connectivity index (χ1v) is 10.2. The number of hydrogen-bond acceptors (Lipinski definition) is 6. The molecule has 1 atom stereocenters. The highest BCUT2D eigenvalue weighted by Crippen LogP contribution is 2.13. The average Bonchev–Trinajstić information content (AvgIpc) is 2.72. The lowest BCUT2D eigenvalue weighted by Crippen LogP contribution is -2.58. The maximum atomic E-state index is 12.7. The molecule has 9 heteroatoms. The number of rotatable bonds is 9. The van der Waals surface area contributed by atoms with Gasteiger partial charge in [-0.3, -0.25) is 19.2 Å². The van der Waals surface area contributed by atoms with Crippen LogP contribution in [0.25, 0.3) is 0 Å². The summed E-state index contributed by atoms with van der Waals surface area (Å²) in [5.74, 6) is -1.12. The van der Waals surface area contributed by atoms with Crippen LogP contribution in [0.2, 0.25) is 0 Å². The minimum absolute atomic E-state index is 0.0364. The lowest BCUT2D eigenvalue weighted by Gasteiger charge is -2.34. The van der Waals surface area contributed by atoms with Crippen LogP contribution in [-0.2, 0) is 19.1 Å². The maximum absolute atomic E-state index is 12.7. The van der Waals surface area contributed by atoms with Crippen molar-refractivity contribution >= 4 is 29.4 Å². The number of carbonyl (C=O) groups is 4. The average molecular weight is 418 g/mol. The number of ether oxygens (including phenoxy) is 1. The van der Waals surface area contributed by atoms with Crippen molar-refractivity contribution in [1.29, 1.82) is 0 Å². The highest BCUT2D eigenvalue weighted by molar-refractivity contribution is 5.95. The Labute approximate surface area is 176 Å². The molecule has 1 aliphatic rings. The number of benzene rings is 1. The summed E-state index contributed by atoms with van der Waals surface area (Å²) in [4.78, 5) is 50.2. The van der Waals surface area contributed by atoms with Crippen LogP contribution in [0.15, 0.2) is 24.3 Å². The molecule has 1 aromatic carbocycles. The zero-order valence-electron chi connectivity index (χ0n) is 17.7. The van der Waals surface area contributed by atoms with E-state index < -0.39 is 12.0 Å². The first-order chi connectivity index (χ1) is 14.3. The fraction of sp³-hybridized carbons (Fsp3) is 0.524. The second kappa shape index (κ2) is 11.2. The Morgan fingerprint density at radius 1 is 1.23 bits per heavy atom. The van der Waals surface area contributed by atoms with Crippen LogP contribution < -0.4 is 16.0 Å². The van der Waals surface area contributed by atoms with E-state index in [2.05, 4.69) is 16.0 Å². The Morgan fingerprint density at radius 2 is 1.93 bits per heavy atom. The van der Waals surface area contributed by atoms with Crippen molar-refractivity contribution in [2.24, 2.45) is 5.92 Å². The molecule has 0 radical (unpaired) electrons. The molecular formula is C21H30N4O5. The van der Waals surface area contributed by atoms with Gasteiger partial charge in [0, 0.05) is 30.9 Å². The minimum atomic E-state index is -0.882. The van der Waals surface area contributed by atoms with Crippen molar-refractivity contribution < 1.29 is 23.9 Å². The fourth-order valence-electron chi connectivity index (χ4n) is 2.97. The van der Waals surface area contributed by atoms with E-state index in [0.717, 1.165) is 0 Å². The van der Waals surface area contributed by atoms with Crippen LogP contribution in [0, 0.1) is 5.92 Å². The van der Waals surface area contributed by atoms with E-state index in [1.807, 2.05) is 20.8 Å². The van der Waals surface area contributed by atoms with Gasteiger partial charge in [-0.05, 0) is 37.1 Å². The molecule has 164 valence electrons. The molecule has 1 aromatic rings. The largest absolute Gasteiger partial charge is 0.465 e. The summed E-state index contributed by atoms with van der Waals surface area (Å²) >= 11 is 0. The van der Waals surface area contributed by atoms with Gasteiger partial charge >= 0.3 is 5.97 Å². The van der Waals surface area contributed by atoms with Gasteiger partial charge in [-0.25, -0.2) is 0 Å². The predicted octanol–water partition coefficient (Wildman–Crippen LogP) is 0.765. The third-order valence-electron chi connectivity index (χ3n) is 4.52. The van der Waals surface area contributed by atoms with Gasteiger partial charge in [0.2, 0.25) is 11.8 Å². The third-order valence-corrected chi connectivity index (χ3v) is 4.52. The zero-order chi connectivity index (χ0) is 22.1. The van der Waals surface area contributed by atoms with Crippen LogP contribution in [-0.4, -0.2) is 67.4 Å². The van der Waals surface area contributed by atoms with Gasteiger partial charge in [0.15, 0.2) is 0 Å². The van der Waals surface area contributed by atoms with Crippen molar-refractivity contribution in [3.63, 3.8) is 0 Å². The summed E-state index contributed by atoms with van der Waals surface area (Å²) in [6.45, 7) is 7.13. The normalized spacial score (nSPS) is 16.1. The van der Waals surface area contributed by atoms with Gasteiger partial charge in [0.25, 0.3) is 5.91 Å². The van der Waals surface area contributed by atoms with Gasteiger partial charge in [0.1, 0.15) is 6.04 Å². The molecule has 1 saturated heterocycles. The van der Waals surface area contributed by atoms with Crippen LogP contribution in [0.4, 0.5) is 5.69 Å². The van der Waals surface area contributed by atoms with Gasteiger partial charge in [0.05, 0.1) is 19.6 Å². The van der Waals surface area contributed by atoms with Crippen molar-refractivity contribution in [2.75, 3.05) is 38.1 Å². The van der Waals surface area contributed by atoms with Crippen LogP contribution >= 0.6 is 0 Å². The van der Waals surface area contributed by atoms with Crippen LogP contribution in [0.1, 0.15) is 37.6 Å². The SMILES string of the molecule is CCNC(=O)c1ccc(NCC(=O)N2CCNC(=O)C2CC(=O)OCC(C)C)cc1. The molecule has 0 bridgehead atoms. The summed E-state index contributed by atoms with van der Waals surface area (Å²) in [5.41, 5.74) is 1.20. The smallest absolute Gasteiger partial charge is 0.308 e. The Bertz CT molecular complexity index is 763. The third kappa shape index (κ3) is 6.75. The van der Waals surface area contributed by atoms with Crippen molar-refractivity contribution in [3.8, 4) is 0 Å². The molecular weight excluding hydrogens is 388 g/mol. The number of nitrogens with one attached hydrogen (secondary N) is 3. The second-order valence-electron chi connectivity index (χ2n) is 7.47. The highest BCUT2D eigenvalue weighted by Gasteiger charge is 2.35. The molecule has 1 unspecified atom stereocenters. The minimum Gasteiger partial charge on any atom is -0.465 e. The Hall–Kier alpha value is -3.10. The quantitative estimate of drug-likeness (QED) is 0.510. The van der Waals surface area contributed by atoms with E-state index >= 15 is 0 Å². The summed E-state index contributed by atoms with van der Waals surface area (Å²) in [5, 5.41) is 8.41. The lowest BCUT2D eigenvalue weighted by molar-refractivity contribution is -0.152. The first kappa shape index (κ1) is 23.2. The molecule has 1 heterocycles. The van der Waals surface area contributed by atoms with Crippen molar-refractivity contribution in [3.05, 3.63) is 29.8 Å². The summed E-state index contributed by atoms with van der Waals surface area (Å²) in [6.07, 6.45) is -0.175. The van der Waals surface area contributed by atoms with Gasteiger partial charge in [-0.15, -0.1) is 0 Å². The molecule has 1 aliphatic heterocycles. The molecule has 1 fully saturated rings. The molecule has 0 aromatic heterocycles. The van der Waals surface area contributed by atoms with Gasteiger partial charge in [-0.1, -0.05) is 13.8 Å². The fourth-order valence-corrected chi connectivity index (χ4v) is 2.97. The molecule has 0 saturated carbocycles. The number of amides is 3. The number of esters is 1. The van der Waals surface area contributed by atoms with Gasteiger partial charge in [-0.2, -0.15) is 0 Å². The number of carbonyl (C=O) groups excluding carboxylic acids is 4. The number of anilines is 1. The molecule has 30 heavy (non-hydrogen) atoms. The van der Waals surface area contributed by atoms with Crippen LogP contribution in [0.3, 0.4) is 0 Å². The predicted molar refractivity (Wildman–Crippen MR) is 112 cm³/mol. The Morgan fingerprint density at radius 3 is 2.57 bits per heavy atom. The second-order valence-corrected chi connectivity index (χ2v) is 7.47. The van der Waals surface area contributed by atoms with E-state index in [9.17, 15) is 19.2 Å². The van der Waals surface area contributed by atoms with E-state index in [-0.39, 0.29) is 43.2 Å². The molecule has 0 spiro atoms. The maximum Gasteiger partial charge on any atom is 0.308 e. The van der Waals surface area contributed by atoms with Crippen molar-refractivity contribution in [2.45, 2.75) is 33.2 Å². The molecule has 3 N–H and O–H groups in total. The monoisotopic (exact) mass is 418 g/mol. The summed E-state index contributed by atoms with van der Waals surface area (Å²) < 4.78 is 5.15. The summed E-state index contributed by atoms with van der Waals surface area (Å²) in [7, 11) is 0. The van der Waals surface area contributed by atoms with E-state index in [0.29, 0.717) is 30.9 Å². The van der Waals surface area contributed by atoms with E-state index in [1.165, 1.54) is 4.90 Å². The van der Waals surface area contributed by atoms with E-state index in [1.54, 1.807) is 24.3 Å². The standard InChI is InChI=1S/C21H30N4O5/c1-4-22-20(28)15-5-7-16(8-6-15)24-12-18(26)25-10-9-23-21(29)17(25)11-19(27)30-13-14(2)3/h5-8,14,17,24H,4,9-13H2,1-3H3,(H,22,28)(H,23,29). The molecule has 3 amide bonds. The molecule has 0 aliphatic carbocycles. The Balaban J connectivity index is 1.93. The number of hydrogen-bond donors (Lipinski definition) is 3. The van der Waals surface area contributed by atoms with E-state index in [4.69, 9.17) is 4.74 Å². The molecule has 9 nitrogen and oxygen atoms in total. The molecule has 2 rings (SSSR count). The first-order valence-electron chi connectivity index (χ1n) is 10.2. The zero-order valence-corrected chi connectivity index (χ0v) is 17.7.